The third-order valence-electron chi connectivity index (χ3n) is 1.82. The van der Waals surface area contributed by atoms with Gasteiger partial charge in [-0.3, -0.25) is 4.79 Å². The smallest absolute Gasteiger partial charge is 0.376 e. The summed E-state index contributed by atoms with van der Waals surface area (Å²) in [5.74, 6) is -2.90. The van der Waals surface area contributed by atoms with Crippen LogP contribution in [0.25, 0.3) is 5.76 Å². The molecule has 2 N–H and O–H groups in total. The summed E-state index contributed by atoms with van der Waals surface area (Å²) in [6.45, 7) is 0. The van der Waals surface area contributed by atoms with Crippen LogP contribution in [-0.2, 0) is 9.59 Å². The van der Waals surface area contributed by atoms with Crippen LogP contribution in [0.3, 0.4) is 0 Å². The van der Waals surface area contributed by atoms with Gasteiger partial charge in [0.25, 0.3) is 5.78 Å². The Labute approximate surface area is 102 Å². The van der Waals surface area contributed by atoms with E-state index in [1.54, 1.807) is 30.3 Å². The van der Waals surface area contributed by atoms with E-state index in [1.165, 1.54) is 0 Å². The largest absolute Gasteiger partial charge is 0.507 e. The van der Waals surface area contributed by atoms with E-state index in [-0.39, 0.29) is 10.8 Å². The maximum atomic E-state index is 10.8. The Morgan fingerprint density at radius 1 is 1.06 bits per heavy atom. The lowest BCUT2D eigenvalue weighted by molar-refractivity contribution is -0.146. The number of halogens is 1. The molecule has 0 radical (unpaired) electrons. The Balaban J connectivity index is 2.90. The molecule has 0 heterocycles. The van der Waals surface area contributed by atoms with Crippen LogP contribution in [0.5, 0.6) is 0 Å². The van der Waals surface area contributed by atoms with Crippen LogP contribution in [-0.4, -0.2) is 22.0 Å². The van der Waals surface area contributed by atoms with Crippen LogP contribution < -0.4 is 0 Å². The Hall–Kier alpha value is -2.07. The Kier molecular flexibility index (Phi) is 4.48. The standard InChI is InChI=1S/C12H9ClO4/c13-9(7-11(15)12(16)17)6-10(14)8-4-2-1-3-5-8/h1-7,14H,(H,16,17)/b9-7-,10-6-. The van der Waals surface area contributed by atoms with Gasteiger partial charge in [-0.15, -0.1) is 0 Å². The lowest BCUT2D eigenvalue weighted by Gasteiger charge is -1.98. The lowest BCUT2D eigenvalue weighted by Crippen LogP contribution is -2.08. The average Bonchev–Trinajstić information content (AvgIpc) is 2.29. The zero-order valence-electron chi connectivity index (χ0n) is 8.63. The molecule has 1 aromatic rings. The number of aliphatic hydroxyl groups is 1. The van der Waals surface area contributed by atoms with Gasteiger partial charge in [0.15, 0.2) is 0 Å². The van der Waals surface area contributed by atoms with Gasteiger partial charge in [0.05, 0.1) is 0 Å². The van der Waals surface area contributed by atoms with Gasteiger partial charge in [-0.05, 0) is 6.08 Å². The summed E-state index contributed by atoms with van der Waals surface area (Å²) in [7, 11) is 0. The molecule has 0 bridgehead atoms. The number of carbonyl (C=O) groups excluding carboxylic acids is 1. The zero-order chi connectivity index (χ0) is 12.8. The van der Waals surface area contributed by atoms with E-state index in [9.17, 15) is 14.7 Å². The van der Waals surface area contributed by atoms with Crippen LogP contribution in [0.15, 0.2) is 47.5 Å². The molecule has 0 amide bonds. The summed E-state index contributed by atoms with van der Waals surface area (Å²) in [6.07, 6.45) is 1.83. The fourth-order valence-electron chi connectivity index (χ4n) is 1.05. The highest BCUT2D eigenvalue weighted by atomic mass is 35.5. The summed E-state index contributed by atoms with van der Waals surface area (Å²) in [5.41, 5.74) is 0.516. The van der Waals surface area contributed by atoms with E-state index in [1.807, 2.05) is 0 Å². The number of rotatable bonds is 4. The Morgan fingerprint density at radius 3 is 2.18 bits per heavy atom. The fraction of sp³-hybridized carbons (Fsp3) is 0. The third-order valence-corrected chi connectivity index (χ3v) is 2.04. The molecule has 0 aliphatic heterocycles. The first kappa shape index (κ1) is 13.0. The third kappa shape index (κ3) is 4.12. The van der Waals surface area contributed by atoms with Gasteiger partial charge in [-0.2, -0.15) is 0 Å². The second-order valence-corrected chi connectivity index (χ2v) is 3.53. The topological polar surface area (TPSA) is 74.6 Å². The molecule has 0 aromatic heterocycles. The van der Waals surface area contributed by atoms with Crippen molar-refractivity contribution in [2.45, 2.75) is 0 Å². The predicted molar refractivity (Wildman–Crippen MR) is 63.6 cm³/mol. The summed E-state index contributed by atoms with van der Waals surface area (Å²) < 4.78 is 0. The minimum Gasteiger partial charge on any atom is -0.507 e. The maximum absolute atomic E-state index is 10.8. The van der Waals surface area contributed by atoms with Gasteiger partial charge in [0, 0.05) is 16.7 Å². The molecule has 0 saturated heterocycles. The van der Waals surface area contributed by atoms with Gasteiger partial charge in [0.1, 0.15) is 5.76 Å². The highest BCUT2D eigenvalue weighted by Gasteiger charge is 2.08. The van der Waals surface area contributed by atoms with Crippen molar-refractivity contribution in [3.63, 3.8) is 0 Å². The molecule has 88 valence electrons. The highest BCUT2D eigenvalue weighted by Crippen LogP contribution is 2.15. The van der Waals surface area contributed by atoms with E-state index in [0.717, 1.165) is 12.2 Å². The van der Waals surface area contributed by atoms with E-state index in [2.05, 4.69) is 0 Å². The van der Waals surface area contributed by atoms with Crippen LogP contribution >= 0.6 is 11.6 Å². The molecule has 0 aliphatic rings. The second-order valence-electron chi connectivity index (χ2n) is 3.09. The number of aliphatic hydroxyl groups excluding tert-OH is 1. The Bertz CT molecular complexity index is 488. The van der Waals surface area contributed by atoms with Gasteiger partial charge < -0.3 is 10.2 Å². The molecule has 0 aliphatic carbocycles. The minimum atomic E-state index is -1.60. The first-order valence-corrected chi connectivity index (χ1v) is 4.99. The SMILES string of the molecule is O=C(O)C(=O)/C=C(Cl)/C=C(\O)c1ccccc1. The predicted octanol–water partition coefficient (Wildman–Crippen LogP) is 2.36. The van der Waals surface area contributed by atoms with Crippen molar-refractivity contribution in [2.75, 3.05) is 0 Å². The van der Waals surface area contributed by atoms with Gasteiger partial charge in [0.2, 0.25) is 0 Å². The molecule has 0 atom stereocenters. The van der Waals surface area contributed by atoms with Crippen LogP contribution in [0, 0.1) is 0 Å². The van der Waals surface area contributed by atoms with Crippen molar-refractivity contribution >= 4 is 29.1 Å². The monoisotopic (exact) mass is 252 g/mol. The molecule has 5 heteroatoms. The number of hydrogen-bond acceptors (Lipinski definition) is 3. The first-order chi connectivity index (χ1) is 8.00. The van der Waals surface area contributed by atoms with Crippen LogP contribution in [0.2, 0.25) is 0 Å². The van der Waals surface area contributed by atoms with Crippen molar-refractivity contribution in [1.29, 1.82) is 0 Å². The molecule has 1 rings (SSSR count). The molecule has 0 spiro atoms. The van der Waals surface area contributed by atoms with E-state index >= 15 is 0 Å². The quantitative estimate of drug-likeness (QED) is 0.373. The number of hydrogen-bond donors (Lipinski definition) is 2. The average molecular weight is 253 g/mol. The van der Waals surface area contributed by atoms with Gasteiger partial charge >= 0.3 is 5.97 Å². The van der Waals surface area contributed by atoms with Crippen molar-refractivity contribution in [1.82, 2.24) is 0 Å². The zero-order valence-corrected chi connectivity index (χ0v) is 9.39. The molecule has 17 heavy (non-hydrogen) atoms. The maximum Gasteiger partial charge on any atom is 0.376 e. The summed E-state index contributed by atoms with van der Waals surface area (Å²) in [6, 6.07) is 8.52. The summed E-state index contributed by atoms with van der Waals surface area (Å²) in [5, 5.41) is 17.8. The van der Waals surface area contributed by atoms with Crippen LogP contribution in [0.1, 0.15) is 5.56 Å². The number of aliphatic carboxylic acids is 1. The number of carboxylic acids is 1. The van der Waals surface area contributed by atoms with Gasteiger partial charge in [-0.25, -0.2) is 4.79 Å². The molecule has 0 saturated carbocycles. The second kappa shape index (κ2) is 5.86. The lowest BCUT2D eigenvalue weighted by atomic mass is 10.2. The highest BCUT2D eigenvalue weighted by molar-refractivity contribution is 6.41. The van der Waals surface area contributed by atoms with E-state index in [0.29, 0.717) is 5.56 Å². The summed E-state index contributed by atoms with van der Waals surface area (Å²) in [4.78, 5) is 21.1. The number of benzene rings is 1. The van der Waals surface area contributed by atoms with E-state index in [4.69, 9.17) is 16.7 Å². The number of ketones is 1. The normalized spacial score (nSPS) is 12.3. The molecule has 1 aromatic carbocycles. The fourth-order valence-corrected chi connectivity index (χ4v) is 1.25. The molecular weight excluding hydrogens is 244 g/mol. The number of allylic oxidation sites excluding steroid dienone is 2. The first-order valence-electron chi connectivity index (χ1n) is 4.61. The number of carboxylic acid groups (broad SMARTS) is 1. The van der Waals surface area contributed by atoms with E-state index < -0.39 is 11.8 Å². The summed E-state index contributed by atoms with van der Waals surface area (Å²) >= 11 is 5.61. The number of carbonyl (C=O) groups is 2. The van der Waals surface area contributed by atoms with Gasteiger partial charge in [-0.1, -0.05) is 41.9 Å². The minimum absolute atomic E-state index is 0.148. The van der Waals surface area contributed by atoms with Crippen molar-refractivity contribution in [3.05, 3.63) is 53.1 Å². The Morgan fingerprint density at radius 2 is 1.65 bits per heavy atom. The molecule has 4 nitrogen and oxygen atoms in total. The van der Waals surface area contributed by atoms with Crippen molar-refractivity contribution in [2.24, 2.45) is 0 Å². The molecule has 0 fully saturated rings. The molecule has 0 unspecified atom stereocenters. The van der Waals surface area contributed by atoms with Crippen molar-refractivity contribution < 1.29 is 19.8 Å². The van der Waals surface area contributed by atoms with Crippen molar-refractivity contribution in [3.8, 4) is 0 Å². The molecular formula is C12H9ClO4. The van der Waals surface area contributed by atoms with Crippen LogP contribution in [0.4, 0.5) is 0 Å².